The zero-order chi connectivity index (χ0) is 17.9. The van der Waals surface area contributed by atoms with Crippen LogP contribution < -0.4 is 5.43 Å². The molecule has 24 heavy (non-hydrogen) atoms. The highest BCUT2D eigenvalue weighted by Crippen LogP contribution is 2.27. The number of hydrazone groups is 1. The number of hydrogen-bond acceptors (Lipinski definition) is 6. The summed E-state index contributed by atoms with van der Waals surface area (Å²) in [5.41, 5.74) is 2.72. The number of amides is 1. The van der Waals surface area contributed by atoms with E-state index in [1.54, 1.807) is 6.07 Å². The number of nitrogens with zero attached hydrogens (tertiary/aromatic N) is 3. The minimum Gasteiger partial charge on any atom is -0.502 e. The van der Waals surface area contributed by atoms with E-state index in [4.69, 9.17) is 0 Å². The Hall–Kier alpha value is -3.23. The summed E-state index contributed by atoms with van der Waals surface area (Å²) in [6.45, 7) is 5.93. The zero-order valence-corrected chi connectivity index (χ0v) is 13.4. The summed E-state index contributed by atoms with van der Waals surface area (Å²) < 4.78 is 0. The average molecular weight is 331 g/mol. The van der Waals surface area contributed by atoms with E-state index in [-0.39, 0.29) is 16.7 Å². The molecular weight excluding hydrogens is 314 g/mol. The van der Waals surface area contributed by atoms with E-state index in [2.05, 4.69) is 20.7 Å². The SMILES string of the molecule is CC(C)(C)c1cc(C(=O)N/N=C\c2cccc([N+](=O)[O-])c2O)n[nH]1. The molecule has 0 unspecified atom stereocenters. The van der Waals surface area contributed by atoms with Crippen molar-refractivity contribution in [2.75, 3.05) is 0 Å². The Balaban J connectivity index is 2.09. The molecule has 1 amide bonds. The molecule has 1 aromatic carbocycles. The molecule has 9 heteroatoms. The number of carbonyl (C=O) groups is 1. The number of benzene rings is 1. The topological polar surface area (TPSA) is 134 Å². The maximum absolute atomic E-state index is 12.0. The van der Waals surface area contributed by atoms with Crippen LogP contribution >= 0.6 is 0 Å². The third kappa shape index (κ3) is 3.75. The highest BCUT2D eigenvalue weighted by molar-refractivity contribution is 5.93. The average Bonchev–Trinajstić information content (AvgIpc) is 2.98. The fourth-order valence-electron chi connectivity index (χ4n) is 1.84. The van der Waals surface area contributed by atoms with Crippen LogP contribution in [-0.2, 0) is 5.41 Å². The molecule has 0 atom stereocenters. The lowest BCUT2D eigenvalue weighted by Gasteiger charge is -2.14. The van der Waals surface area contributed by atoms with Gasteiger partial charge in [-0.25, -0.2) is 5.43 Å². The van der Waals surface area contributed by atoms with Crippen molar-refractivity contribution >= 4 is 17.8 Å². The first-order valence-corrected chi connectivity index (χ1v) is 7.06. The van der Waals surface area contributed by atoms with Crippen LogP contribution in [0.3, 0.4) is 0 Å². The van der Waals surface area contributed by atoms with Gasteiger partial charge in [-0.15, -0.1) is 0 Å². The van der Waals surface area contributed by atoms with Crippen LogP contribution in [0.1, 0.15) is 42.5 Å². The van der Waals surface area contributed by atoms with Gasteiger partial charge < -0.3 is 5.11 Å². The molecular formula is C15H17N5O4. The Bertz CT molecular complexity index is 804. The summed E-state index contributed by atoms with van der Waals surface area (Å²) in [4.78, 5) is 22.0. The molecule has 0 aliphatic rings. The van der Waals surface area contributed by atoms with Crippen LogP contribution in [0.25, 0.3) is 0 Å². The fraction of sp³-hybridized carbons (Fsp3) is 0.267. The molecule has 0 fully saturated rings. The van der Waals surface area contributed by atoms with Crippen LogP contribution in [0.5, 0.6) is 5.75 Å². The van der Waals surface area contributed by atoms with Crippen LogP contribution in [0.15, 0.2) is 29.4 Å². The molecule has 0 spiro atoms. The third-order valence-electron chi connectivity index (χ3n) is 3.23. The van der Waals surface area contributed by atoms with Crippen LogP contribution in [0, 0.1) is 10.1 Å². The van der Waals surface area contributed by atoms with E-state index >= 15 is 0 Å². The highest BCUT2D eigenvalue weighted by Gasteiger charge is 2.19. The van der Waals surface area contributed by atoms with E-state index in [1.807, 2.05) is 20.8 Å². The Morgan fingerprint density at radius 1 is 1.46 bits per heavy atom. The van der Waals surface area contributed by atoms with Gasteiger partial charge in [0.25, 0.3) is 5.91 Å². The molecule has 126 valence electrons. The van der Waals surface area contributed by atoms with Crippen molar-refractivity contribution in [3.05, 3.63) is 51.3 Å². The molecule has 2 aromatic rings. The minimum atomic E-state index is -0.705. The van der Waals surface area contributed by atoms with Gasteiger partial charge >= 0.3 is 5.69 Å². The van der Waals surface area contributed by atoms with Gasteiger partial charge in [-0.2, -0.15) is 10.2 Å². The molecule has 9 nitrogen and oxygen atoms in total. The standard InChI is InChI=1S/C15H17N5O4/c1-15(2,3)12-7-10(17-18-12)14(22)19-16-8-9-5-4-6-11(13(9)21)20(23)24/h4-8,21H,1-3H3,(H,17,18)(H,19,22)/b16-8-. The van der Waals surface area contributed by atoms with Gasteiger partial charge in [0, 0.05) is 22.7 Å². The van der Waals surface area contributed by atoms with Gasteiger partial charge in [0.2, 0.25) is 5.75 Å². The summed E-state index contributed by atoms with van der Waals surface area (Å²) in [6, 6.07) is 5.63. The predicted octanol–water partition coefficient (Wildman–Crippen LogP) is 2.08. The molecule has 1 heterocycles. The monoisotopic (exact) mass is 331 g/mol. The molecule has 0 aliphatic heterocycles. The van der Waals surface area contributed by atoms with Gasteiger partial charge in [-0.05, 0) is 12.1 Å². The van der Waals surface area contributed by atoms with Crippen molar-refractivity contribution in [1.29, 1.82) is 0 Å². The van der Waals surface area contributed by atoms with Gasteiger partial charge in [0.05, 0.1) is 11.1 Å². The third-order valence-corrected chi connectivity index (χ3v) is 3.23. The second-order valence-electron chi connectivity index (χ2n) is 6.09. The first-order chi connectivity index (χ1) is 11.2. The number of aromatic hydroxyl groups is 1. The smallest absolute Gasteiger partial charge is 0.311 e. The minimum absolute atomic E-state index is 0.113. The summed E-state index contributed by atoms with van der Waals surface area (Å²) >= 11 is 0. The lowest BCUT2D eigenvalue weighted by atomic mass is 9.92. The van der Waals surface area contributed by atoms with E-state index < -0.39 is 22.3 Å². The number of phenolic OH excluding ortho intramolecular Hbond substituents is 1. The summed E-state index contributed by atoms with van der Waals surface area (Å²) in [6.07, 6.45) is 1.12. The number of phenols is 1. The van der Waals surface area contributed by atoms with Gasteiger partial charge in [0.1, 0.15) is 0 Å². The molecule has 0 radical (unpaired) electrons. The molecule has 3 N–H and O–H groups in total. The first kappa shape index (κ1) is 17.1. The van der Waals surface area contributed by atoms with Crippen LogP contribution in [0.4, 0.5) is 5.69 Å². The number of carbonyl (C=O) groups excluding carboxylic acids is 1. The predicted molar refractivity (Wildman–Crippen MR) is 87.1 cm³/mol. The normalized spacial score (nSPS) is 11.6. The Morgan fingerprint density at radius 2 is 2.17 bits per heavy atom. The number of nitrogens with one attached hydrogen (secondary N) is 2. The van der Waals surface area contributed by atoms with E-state index in [9.17, 15) is 20.0 Å². The summed E-state index contributed by atoms with van der Waals surface area (Å²) in [5, 5.41) is 30.9. The molecule has 0 saturated heterocycles. The van der Waals surface area contributed by atoms with E-state index in [1.165, 1.54) is 18.2 Å². The van der Waals surface area contributed by atoms with Crippen molar-refractivity contribution in [1.82, 2.24) is 15.6 Å². The largest absolute Gasteiger partial charge is 0.502 e. The molecule has 2 rings (SSSR count). The quantitative estimate of drug-likeness (QED) is 0.448. The van der Waals surface area contributed by atoms with Crippen molar-refractivity contribution in [3.8, 4) is 5.75 Å². The van der Waals surface area contributed by atoms with Gasteiger partial charge in [-0.3, -0.25) is 20.0 Å². The number of nitro benzene ring substituents is 1. The van der Waals surface area contributed by atoms with Gasteiger partial charge in [0.15, 0.2) is 5.69 Å². The number of para-hydroxylation sites is 1. The molecule has 0 bridgehead atoms. The number of aromatic amines is 1. The Kier molecular flexibility index (Phi) is 4.63. The van der Waals surface area contributed by atoms with Crippen molar-refractivity contribution in [2.45, 2.75) is 26.2 Å². The molecule has 1 aromatic heterocycles. The molecule has 0 aliphatic carbocycles. The van der Waals surface area contributed by atoms with Crippen LogP contribution in [0.2, 0.25) is 0 Å². The number of hydrogen-bond donors (Lipinski definition) is 3. The Labute approximate surface area is 137 Å². The molecule has 0 saturated carbocycles. The zero-order valence-electron chi connectivity index (χ0n) is 13.4. The summed E-state index contributed by atoms with van der Waals surface area (Å²) in [5.74, 6) is -1.06. The second-order valence-corrected chi connectivity index (χ2v) is 6.09. The van der Waals surface area contributed by atoms with E-state index in [0.29, 0.717) is 0 Å². The second kappa shape index (κ2) is 6.49. The Morgan fingerprint density at radius 3 is 2.75 bits per heavy atom. The van der Waals surface area contributed by atoms with Crippen molar-refractivity contribution in [3.63, 3.8) is 0 Å². The lowest BCUT2D eigenvalue weighted by Crippen LogP contribution is -2.18. The first-order valence-electron chi connectivity index (χ1n) is 7.06. The van der Waals surface area contributed by atoms with Crippen LogP contribution in [-0.4, -0.2) is 32.3 Å². The number of H-pyrrole nitrogens is 1. The fourth-order valence-corrected chi connectivity index (χ4v) is 1.84. The number of aromatic nitrogens is 2. The van der Waals surface area contributed by atoms with E-state index in [0.717, 1.165) is 11.9 Å². The lowest BCUT2D eigenvalue weighted by molar-refractivity contribution is -0.385. The number of rotatable bonds is 4. The van der Waals surface area contributed by atoms with Gasteiger partial charge in [-0.1, -0.05) is 26.8 Å². The highest BCUT2D eigenvalue weighted by atomic mass is 16.6. The van der Waals surface area contributed by atoms with Crippen molar-refractivity contribution in [2.24, 2.45) is 5.10 Å². The maximum Gasteiger partial charge on any atom is 0.311 e. The number of nitro groups is 1. The summed E-state index contributed by atoms with van der Waals surface area (Å²) in [7, 11) is 0. The maximum atomic E-state index is 12.0. The van der Waals surface area contributed by atoms with Crippen molar-refractivity contribution < 1.29 is 14.8 Å².